The van der Waals surface area contributed by atoms with Gasteiger partial charge in [-0.3, -0.25) is 8.98 Å². The number of aromatic nitrogens is 3. The summed E-state index contributed by atoms with van der Waals surface area (Å²) in [6.45, 7) is 0.531. The maximum absolute atomic E-state index is 14.5. The minimum atomic E-state index is -4.09. The van der Waals surface area contributed by atoms with Crippen molar-refractivity contribution >= 4 is 21.9 Å². The van der Waals surface area contributed by atoms with Gasteiger partial charge in [0.05, 0.1) is 24.8 Å². The summed E-state index contributed by atoms with van der Waals surface area (Å²) in [4.78, 5) is 21.0. The lowest BCUT2D eigenvalue weighted by molar-refractivity contribution is 0.103. The third-order valence-corrected chi connectivity index (χ3v) is 5.41. The topological polar surface area (TPSA) is 138 Å². The summed E-state index contributed by atoms with van der Waals surface area (Å²) in [5.74, 6) is 5.31. The van der Waals surface area contributed by atoms with E-state index in [1.165, 1.54) is 12.5 Å². The molecule has 2 aromatic heterocycles. The quantitative estimate of drug-likeness (QED) is 0.412. The molecule has 1 fully saturated rings. The first-order chi connectivity index (χ1) is 15.3. The van der Waals surface area contributed by atoms with Crippen LogP contribution in [-0.2, 0) is 25.8 Å². The molecule has 0 spiro atoms. The van der Waals surface area contributed by atoms with Crippen molar-refractivity contribution in [3.05, 3.63) is 42.1 Å². The fourth-order valence-corrected chi connectivity index (χ4v) is 3.83. The number of carbonyl (C=O) groups excluding carboxylic acids is 1. The Morgan fingerprint density at radius 2 is 2.22 bits per heavy atom. The van der Waals surface area contributed by atoms with Crippen LogP contribution in [0.2, 0.25) is 0 Å². The molecule has 0 saturated heterocycles. The molecule has 32 heavy (non-hydrogen) atoms. The average Bonchev–Trinajstić information content (AvgIpc) is 3.36. The molecule has 3 atom stereocenters. The zero-order chi connectivity index (χ0) is 23.1. The van der Waals surface area contributed by atoms with Crippen molar-refractivity contribution in [2.75, 3.05) is 25.6 Å². The van der Waals surface area contributed by atoms with E-state index in [1.807, 2.05) is 0 Å². The Hall–Kier alpha value is -2.85. The monoisotopic (exact) mass is 465 g/mol. The standard InChI is InChI=1S/C20H24FN5O5S/c1-30-7-3-2-5-26-6-4-15(11-26)19(27)16-10-23-13-24-20(16)25-18-9-14(8-17(18)21)12-31-32(22,28)29/h4,6,10-11,13-14,17-18H,5,7-9,12H2,1H3,(H2,22,28,29)(H,23,24,25). The summed E-state index contributed by atoms with van der Waals surface area (Å²) in [5.41, 5.74) is 0.617. The summed E-state index contributed by atoms with van der Waals surface area (Å²) >= 11 is 0. The van der Waals surface area contributed by atoms with Crippen molar-refractivity contribution in [2.24, 2.45) is 11.1 Å². The second-order valence-electron chi connectivity index (χ2n) is 7.35. The summed E-state index contributed by atoms with van der Waals surface area (Å²) in [6.07, 6.45) is 5.16. The number of ether oxygens (including phenoxy) is 1. The van der Waals surface area contributed by atoms with Gasteiger partial charge in [0.1, 0.15) is 24.9 Å². The van der Waals surface area contributed by atoms with E-state index < -0.39 is 22.5 Å². The molecular formula is C20H24FN5O5S. The van der Waals surface area contributed by atoms with Gasteiger partial charge in [0.15, 0.2) is 5.78 Å². The van der Waals surface area contributed by atoms with Crippen LogP contribution in [0, 0.1) is 17.8 Å². The van der Waals surface area contributed by atoms with Crippen LogP contribution < -0.4 is 10.5 Å². The molecule has 3 unspecified atom stereocenters. The lowest BCUT2D eigenvalue weighted by Crippen LogP contribution is -2.27. The van der Waals surface area contributed by atoms with Gasteiger partial charge in [0.2, 0.25) is 0 Å². The van der Waals surface area contributed by atoms with E-state index in [4.69, 9.17) is 9.88 Å². The molecule has 0 amide bonds. The van der Waals surface area contributed by atoms with Crippen molar-refractivity contribution in [3.63, 3.8) is 0 Å². The van der Waals surface area contributed by atoms with Crippen LogP contribution in [0.1, 0.15) is 28.8 Å². The molecule has 3 N–H and O–H groups in total. The second kappa shape index (κ2) is 10.6. The largest absolute Gasteiger partial charge is 0.372 e. The average molecular weight is 466 g/mol. The molecule has 2 aromatic rings. The molecule has 2 heterocycles. The van der Waals surface area contributed by atoms with Crippen molar-refractivity contribution in [1.82, 2.24) is 14.5 Å². The van der Waals surface area contributed by atoms with Gasteiger partial charge in [-0.2, -0.15) is 8.42 Å². The van der Waals surface area contributed by atoms with Crippen LogP contribution in [-0.4, -0.2) is 61.3 Å². The summed E-state index contributed by atoms with van der Waals surface area (Å²) in [5, 5.41) is 7.79. The zero-order valence-corrected chi connectivity index (χ0v) is 18.2. The number of nitrogens with one attached hydrogen (secondary N) is 1. The molecule has 0 bridgehead atoms. The van der Waals surface area contributed by atoms with E-state index in [-0.39, 0.29) is 36.1 Å². The number of ketones is 1. The first-order valence-corrected chi connectivity index (χ1v) is 11.3. The van der Waals surface area contributed by atoms with Gasteiger partial charge in [-0.25, -0.2) is 19.5 Å². The lowest BCUT2D eigenvalue weighted by Gasteiger charge is -2.17. The van der Waals surface area contributed by atoms with Crippen LogP contribution in [0.25, 0.3) is 0 Å². The SMILES string of the molecule is COCC#CCn1ccc(C(=O)c2cncnc2NC2CC(COS(N)(=O)=O)CC2F)c1. The molecule has 1 saturated carbocycles. The number of rotatable bonds is 9. The number of halogens is 1. The van der Waals surface area contributed by atoms with Crippen molar-refractivity contribution < 1.29 is 26.5 Å². The Kier molecular flexibility index (Phi) is 7.92. The van der Waals surface area contributed by atoms with E-state index in [2.05, 4.69) is 31.3 Å². The highest BCUT2D eigenvalue weighted by molar-refractivity contribution is 7.84. The Labute approximate surface area is 185 Å². The van der Waals surface area contributed by atoms with Crippen LogP contribution in [0.15, 0.2) is 31.0 Å². The first kappa shape index (κ1) is 23.8. The highest BCUT2D eigenvalue weighted by atomic mass is 32.2. The Bertz CT molecular complexity index is 1110. The van der Waals surface area contributed by atoms with Gasteiger partial charge >= 0.3 is 10.3 Å². The number of methoxy groups -OCH3 is 1. The molecule has 0 aromatic carbocycles. The van der Waals surface area contributed by atoms with Crippen LogP contribution in [0.5, 0.6) is 0 Å². The summed E-state index contributed by atoms with van der Waals surface area (Å²) in [6, 6.07) is 0.997. The number of hydrogen-bond donors (Lipinski definition) is 2. The summed E-state index contributed by atoms with van der Waals surface area (Å²) in [7, 11) is -2.53. The molecule has 12 heteroatoms. The number of carbonyl (C=O) groups is 1. The predicted molar refractivity (Wildman–Crippen MR) is 114 cm³/mol. The van der Waals surface area contributed by atoms with Gasteiger partial charge in [-0.05, 0) is 24.8 Å². The third-order valence-electron chi connectivity index (χ3n) is 4.95. The first-order valence-electron chi connectivity index (χ1n) is 9.79. The minimum absolute atomic E-state index is 0.106. The number of alkyl halides is 1. The third kappa shape index (κ3) is 6.57. The van der Waals surface area contributed by atoms with Crippen LogP contribution in [0.3, 0.4) is 0 Å². The maximum Gasteiger partial charge on any atom is 0.333 e. The number of nitrogens with two attached hydrogens (primary N) is 1. The number of anilines is 1. The molecule has 1 aliphatic rings. The lowest BCUT2D eigenvalue weighted by atomic mass is 10.1. The number of hydrogen-bond acceptors (Lipinski definition) is 8. The van der Waals surface area contributed by atoms with Crippen LogP contribution >= 0.6 is 0 Å². The smallest absolute Gasteiger partial charge is 0.333 e. The molecule has 10 nitrogen and oxygen atoms in total. The van der Waals surface area contributed by atoms with E-state index >= 15 is 0 Å². The van der Waals surface area contributed by atoms with E-state index in [0.717, 1.165) is 0 Å². The molecular weight excluding hydrogens is 441 g/mol. The van der Waals surface area contributed by atoms with E-state index in [0.29, 0.717) is 25.1 Å². The van der Waals surface area contributed by atoms with Gasteiger partial charge in [0, 0.05) is 31.3 Å². The molecule has 0 radical (unpaired) electrons. The van der Waals surface area contributed by atoms with Gasteiger partial charge in [-0.15, -0.1) is 0 Å². The normalized spacial score (nSPS) is 20.5. The maximum atomic E-state index is 14.5. The van der Waals surface area contributed by atoms with Gasteiger partial charge in [0.25, 0.3) is 0 Å². The minimum Gasteiger partial charge on any atom is -0.372 e. The number of nitrogens with zero attached hydrogens (tertiary/aromatic N) is 3. The van der Waals surface area contributed by atoms with Crippen molar-refractivity contribution in [1.29, 1.82) is 0 Å². The molecule has 0 aliphatic heterocycles. The fraction of sp³-hybridized carbons (Fsp3) is 0.450. The fourth-order valence-electron chi connectivity index (χ4n) is 3.45. The highest BCUT2D eigenvalue weighted by Gasteiger charge is 2.36. The van der Waals surface area contributed by atoms with Crippen LogP contribution in [0.4, 0.5) is 10.2 Å². The molecule has 3 rings (SSSR count). The predicted octanol–water partition coefficient (Wildman–Crippen LogP) is 0.908. The second-order valence-corrected chi connectivity index (χ2v) is 8.58. The van der Waals surface area contributed by atoms with E-state index in [9.17, 15) is 17.6 Å². The molecule has 1 aliphatic carbocycles. The van der Waals surface area contributed by atoms with Gasteiger partial charge in [-0.1, -0.05) is 11.8 Å². The Balaban J connectivity index is 1.68. The summed E-state index contributed by atoms with van der Waals surface area (Å²) < 4.78 is 47.7. The van der Waals surface area contributed by atoms with E-state index in [1.54, 1.807) is 30.1 Å². The van der Waals surface area contributed by atoms with Crippen molar-refractivity contribution in [3.8, 4) is 11.8 Å². The highest BCUT2D eigenvalue weighted by Crippen LogP contribution is 2.31. The van der Waals surface area contributed by atoms with Crippen molar-refractivity contribution in [2.45, 2.75) is 31.6 Å². The Morgan fingerprint density at radius 3 is 2.97 bits per heavy atom. The zero-order valence-electron chi connectivity index (χ0n) is 17.4. The Morgan fingerprint density at radius 1 is 1.41 bits per heavy atom. The van der Waals surface area contributed by atoms with Gasteiger partial charge < -0.3 is 14.6 Å². The molecule has 172 valence electrons.